The Kier molecular flexibility index (Phi) is 6.77. The zero-order valence-electron chi connectivity index (χ0n) is 16.2. The summed E-state index contributed by atoms with van der Waals surface area (Å²) < 4.78 is 0. The van der Waals surface area contributed by atoms with Crippen molar-refractivity contribution in [3.63, 3.8) is 0 Å². The van der Waals surface area contributed by atoms with Crippen LogP contribution < -0.4 is 0 Å². The summed E-state index contributed by atoms with van der Waals surface area (Å²) in [5.74, 6) is 6.50. The van der Waals surface area contributed by atoms with E-state index >= 15 is 0 Å². The molecule has 0 aromatic heterocycles. The Morgan fingerprint density at radius 1 is 1.07 bits per heavy atom. The third-order valence-electron chi connectivity index (χ3n) is 5.42. The van der Waals surface area contributed by atoms with Crippen molar-refractivity contribution >= 4 is 17.5 Å². The molecular weight excluding hydrogens is 350 g/mol. The maximum absolute atomic E-state index is 13.2. The van der Waals surface area contributed by atoms with E-state index in [1.165, 1.54) is 15.4 Å². The average Bonchev–Trinajstić information content (AvgIpc) is 2.73. The van der Waals surface area contributed by atoms with Crippen LogP contribution in [0.3, 0.4) is 0 Å². The highest BCUT2D eigenvalue weighted by Gasteiger charge is 2.42. The molecule has 3 rings (SSSR count). The molecule has 0 spiro atoms. The van der Waals surface area contributed by atoms with Crippen LogP contribution in [0.25, 0.3) is 0 Å². The van der Waals surface area contributed by atoms with E-state index in [9.17, 15) is 4.79 Å². The lowest BCUT2D eigenvalue weighted by Crippen LogP contribution is -2.47. The van der Waals surface area contributed by atoms with E-state index in [0.29, 0.717) is 12.2 Å². The third kappa shape index (κ3) is 4.46. The number of Topliss-reactive ketones (excluding diaryl/α,β-unsaturated/α-hetero) is 1. The van der Waals surface area contributed by atoms with Gasteiger partial charge in [0.05, 0.1) is 12.0 Å². The second-order valence-electron chi connectivity index (χ2n) is 6.97. The first kappa shape index (κ1) is 19.7. The first-order chi connectivity index (χ1) is 13.2. The Balaban J connectivity index is 1.92. The highest BCUT2D eigenvalue weighted by atomic mass is 32.2. The van der Waals surface area contributed by atoms with Crippen LogP contribution in [0, 0.1) is 11.8 Å². The van der Waals surface area contributed by atoms with Gasteiger partial charge in [-0.15, -0.1) is 5.92 Å². The summed E-state index contributed by atoms with van der Waals surface area (Å²) in [5.41, 5.74) is 0.829. The first-order valence-corrected chi connectivity index (χ1v) is 10.5. The van der Waals surface area contributed by atoms with Gasteiger partial charge in [0.15, 0.2) is 0 Å². The van der Waals surface area contributed by atoms with Gasteiger partial charge in [-0.2, -0.15) is 0 Å². The Hall–Kier alpha value is -2.02. The molecule has 2 nitrogen and oxygen atoms in total. The number of hydrogen-bond acceptors (Lipinski definition) is 3. The fraction of sp³-hybridized carbons (Fsp3) is 0.375. The Labute approximate surface area is 167 Å². The minimum absolute atomic E-state index is 0.366. The number of rotatable bonds is 6. The smallest absolute Gasteiger partial charge is 0.143 e. The molecule has 0 N–H and O–H groups in total. The van der Waals surface area contributed by atoms with E-state index in [4.69, 9.17) is 0 Å². The van der Waals surface area contributed by atoms with Crippen LogP contribution in [0.1, 0.15) is 38.7 Å². The fourth-order valence-electron chi connectivity index (χ4n) is 3.89. The number of benzene rings is 2. The number of likely N-dealkylation sites (tertiary alicyclic amines) is 1. The molecule has 0 saturated carbocycles. The van der Waals surface area contributed by atoms with Gasteiger partial charge in [0.1, 0.15) is 5.78 Å². The van der Waals surface area contributed by atoms with Crippen molar-refractivity contribution < 1.29 is 4.79 Å². The molecule has 1 saturated heterocycles. The molecule has 27 heavy (non-hydrogen) atoms. The van der Waals surface area contributed by atoms with E-state index in [1.54, 1.807) is 11.8 Å². The van der Waals surface area contributed by atoms with Crippen LogP contribution >= 0.6 is 11.8 Å². The number of nitrogens with zero attached hydrogens (tertiary/aromatic N) is 1. The van der Waals surface area contributed by atoms with Crippen molar-refractivity contribution in [2.75, 3.05) is 19.6 Å². The monoisotopic (exact) mass is 377 g/mol. The molecule has 140 valence electrons. The van der Waals surface area contributed by atoms with Crippen LogP contribution in [0.4, 0.5) is 0 Å². The van der Waals surface area contributed by atoms with Gasteiger partial charge in [0, 0.05) is 29.3 Å². The molecule has 1 fully saturated rings. The van der Waals surface area contributed by atoms with Crippen molar-refractivity contribution in [1.29, 1.82) is 0 Å². The average molecular weight is 378 g/mol. The van der Waals surface area contributed by atoms with Gasteiger partial charge in [-0.05, 0) is 43.5 Å². The summed E-state index contributed by atoms with van der Waals surface area (Å²) in [6, 6.07) is 18.9. The molecule has 0 aliphatic carbocycles. The van der Waals surface area contributed by atoms with Crippen molar-refractivity contribution in [1.82, 2.24) is 4.90 Å². The molecule has 2 aromatic carbocycles. The number of piperidine rings is 1. The predicted molar refractivity (Wildman–Crippen MR) is 113 cm³/mol. The summed E-state index contributed by atoms with van der Waals surface area (Å²) in [7, 11) is 0. The topological polar surface area (TPSA) is 20.3 Å². The lowest BCUT2D eigenvalue weighted by molar-refractivity contribution is -0.126. The summed E-state index contributed by atoms with van der Waals surface area (Å²) in [6.45, 7) is 6.51. The van der Waals surface area contributed by atoms with Gasteiger partial charge in [0.2, 0.25) is 0 Å². The molecule has 2 aromatic rings. The maximum atomic E-state index is 13.2. The molecule has 1 heterocycles. The summed E-state index contributed by atoms with van der Waals surface area (Å²) in [4.78, 5) is 17.9. The second kappa shape index (κ2) is 9.26. The van der Waals surface area contributed by atoms with Crippen molar-refractivity contribution in [2.45, 2.75) is 48.3 Å². The number of hydrogen-bond donors (Lipinski definition) is 0. The summed E-state index contributed by atoms with van der Waals surface area (Å²) in [5, 5.41) is 0. The molecule has 0 bridgehead atoms. The lowest BCUT2D eigenvalue weighted by atomic mass is 9.69. The quantitative estimate of drug-likeness (QED) is 0.648. The predicted octanol–water partition coefficient (Wildman–Crippen LogP) is 5.17. The first-order valence-electron chi connectivity index (χ1n) is 9.67. The van der Waals surface area contributed by atoms with Gasteiger partial charge < -0.3 is 0 Å². The van der Waals surface area contributed by atoms with E-state index in [-0.39, 0.29) is 5.41 Å². The largest absolute Gasteiger partial charge is 0.299 e. The van der Waals surface area contributed by atoms with E-state index in [0.717, 1.165) is 32.5 Å². The second-order valence-corrected chi connectivity index (χ2v) is 8.09. The SMILES string of the molecule is CC#CCN1CCC(C(=O)CC)(c2ccccc2Sc2ccccc2)CC1. The Morgan fingerprint density at radius 3 is 2.41 bits per heavy atom. The van der Waals surface area contributed by atoms with E-state index < -0.39 is 0 Å². The van der Waals surface area contributed by atoms with Crippen molar-refractivity contribution in [2.24, 2.45) is 0 Å². The molecule has 3 heteroatoms. The molecule has 1 aliphatic rings. The highest BCUT2D eigenvalue weighted by Crippen LogP contribution is 2.43. The lowest BCUT2D eigenvalue weighted by Gasteiger charge is -2.41. The number of carbonyl (C=O) groups is 1. The summed E-state index contributed by atoms with van der Waals surface area (Å²) in [6.07, 6.45) is 2.33. The van der Waals surface area contributed by atoms with Gasteiger partial charge >= 0.3 is 0 Å². The minimum Gasteiger partial charge on any atom is -0.299 e. The summed E-state index contributed by atoms with van der Waals surface area (Å²) >= 11 is 1.76. The Bertz CT molecular complexity index is 826. The van der Waals surface area contributed by atoms with Crippen molar-refractivity contribution in [3.05, 3.63) is 60.2 Å². The van der Waals surface area contributed by atoms with E-state index in [2.05, 4.69) is 65.3 Å². The van der Waals surface area contributed by atoms with Crippen molar-refractivity contribution in [3.8, 4) is 11.8 Å². The van der Waals surface area contributed by atoms with Crippen LogP contribution in [0.2, 0.25) is 0 Å². The van der Waals surface area contributed by atoms with Gasteiger partial charge in [-0.3, -0.25) is 9.69 Å². The molecule has 0 atom stereocenters. The highest BCUT2D eigenvalue weighted by molar-refractivity contribution is 7.99. The van der Waals surface area contributed by atoms with Crippen LogP contribution in [-0.4, -0.2) is 30.3 Å². The normalized spacial score (nSPS) is 16.4. The minimum atomic E-state index is -0.372. The van der Waals surface area contributed by atoms with Gasteiger partial charge in [-0.1, -0.05) is 61.0 Å². The molecule has 1 aliphatic heterocycles. The standard InChI is InChI=1S/C24H27NOS/c1-3-5-17-25-18-15-24(16-19-25,23(26)4-2)21-13-9-10-14-22(21)27-20-11-7-6-8-12-20/h6-14H,4,15-19H2,1-2H3. The van der Waals surface area contributed by atoms with E-state index in [1.807, 2.05) is 19.9 Å². The van der Waals surface area contributed by atoms with Crippen LogP contribution in [0.5, 0.6) is 0 Å². The fourth-order valence-corrected chi connectivity index (χ4v) is 4.95. The zero-order valence-corrected chi connectivity index (χ0v) is 17.0. The Morgan fingerprint density at radius 2 is 1.74 bits per heavy atom. The molecule has 0 unspecified atom stereocenters. The zero-order chi connectivity index (χ0) is 19.1. The molecule has 0 amide bonds. The molecular formula is C24H27NOS. The number of carbonyl (C=O) groups excluding carboxylic acids is 1. The van der Waals surface area contributed by atoms with Gasteiger partial charge in [0.25, 0.3) is 0 Å². The molecule has 0 radical (unpaired) electrons. The van der Waals surface area contributed by atoms with Crippen LogP contribution in [-0.2, 0) is 10.2 Å². The van der Waals surface area contributed by atoms with Gasteiger partial charge in [-0.25, -0.2) is 0 Å². The number of ketones is 1. The third-order valence-corrected chi connectivity index (χ3v) is 6.50. The maximum Gasteiger partial charge on any atom is 0.143 e. The van der Waals surface area contributed by atoms with Crippen LogP contribution in [0.15, 0.2) is 64.4 Å².